The van der Waals surface area contributed by atoms with Crippen molar-refractivity contribution >= 4 is 8.15 Å². The van der Waals surface area contributed by atoms with Crippen LogP contribution in [0.25, 0.3) is 11.1 Å². The summed E-state index contributed by atoms with van der Waals surface area (Å²) in [4.78, 5) is 0. The summed E-state index contributed by atoms with van der Waals surface area (Å²) in [6, 6.07) is 18.1. The number of rotatable bonds is 0. The summed E-state index contributed by atoms with van der Waals surface area (Å²) in [5, 5.41) is 0. The van der Waals surface area contributed by atoms with Crippen LogP contribution in [-0.2, 0) is 22.7 Å². The first-order valence-electron chi connectivity index (χ1n) is 6.56. The maximum Gasteiger partial charge on any atom is -0.0253 e. The summed E-state index contributed by atoms with van der Waals surface area (Å²) in [7, 11) is 1.80. The van der Waals surface area contributed by atoms with E-state index in [9.17, 15) is 0 Å². The molecule has 0 N–H and O–H groups in total. The van der Waals surface area contributed by atoms with Crippen LogP contribution >= 0.6 is 0 Å². The van der Waals surface area contributed by atoms with E-state index in [1.807, 2.05) is 18.2 Å². The molecule has 115 valence electrons. The molecule has 0 atom stereocenters. The fourth-order valence-electron chi connectivity index (χ4n) is 2.34. The molecule has 2 heteroatoms. The van der Waals surface area contributed by atoms with E-state index < -0.39 is 0 Å². The Morgan fingerprint density at radius 1 is 0.955 bits per heavy atom. The summed E-state index contributed by atoms with van der Waals surface area (Å²) in [5.41, 5.74) is 5.51. The van der Waals surface area contributed by atoms with Gasteiger partial charge in [0.15, 0.2) is 0 Å². The molecular weight excluding hydrogens is 319 g/mol. The molecule has 4 rings (SSSR count). The molecule has 0 spiro atoms. The Kier molecular flexibility index (Phi) is 10.7. The minimum Gasteiger partial charge on any atom is -0.179 e. The Balaban J connectivity index is 0.000000422. The number of allylic oxidation sites excluding steroid dienone is 4. The molecule has 2 aromatic rings. The molecule has 0 amide bonds. The van der Waals surface area contributed by atoms with Crippen molar-refractivity contribution in [3.05, 3.63) is 98.8 Å². The van der Waals surface area contributed by atoms with Gasteiger partial charge in [-0.1, -0.05) is 35.4 Å². The van der Waals surface area contributed by atoms with E-state index in [4.69, 9.17) is 0 Å². The van der Waals surface area contributed by atoms with Gasteiger partial charge < -0.3 is 14.9 Å². The topological polar surface area (TPSA) is 0 Å². The summed E-state index contributed by atoms with van der Waals surface area (Å²) in [6.45, 7) is 0. The van der Waals surface area contributed by atoms with Crippen LogP contribution in [0.1, 0.15) is 17.5 Å². The molecule has 0 bridgehead atoms. The minimum absolute atomic E-state index is 0. The number of benzene rings is 2. The standard InChI is InChI=1S/C13H9.C5H5.2CH3.H2Si.V/c1-3-7-12-10(5-1)9-11-6-2-4-8-13(11)12;1-2-4-5-3-1;;;;/h1-5,7-8H,9H2;1-3H,4H2;2*1H3;1H2;/q4*-1;;. The van der Waals surface area contributed by atoms with Crippen LogP contribution in [0.15, 0.2) is 60.7 Å². The monoisotopic (exact) mass is 341 g/mol. The van der Waals surface area contributed by atoms with Gasteiger partial charge in [0, 0.05) is 0 Å². The van der Waals surface area contributed by atoms with Crippen LogP contribution < -0.4 is 0 Å². The van der Waals surface area contributed by atoms with Crippen molar-refractivity contribution in [1.82, 2.24) is 0 Å². The van der Waals surface area contributed by atoms with Crippen molar-refractivity contribution in [2.24, 2.45) is 0 Å². The molecule has 0 radical (unpaired) electrons. The summed E-state index contributed by atoms with van der Waals surface area (Å²) < 4.78 is 0. The largest absolute Gasteiger partial charge is 0.179 e. The molecule has 0 nitrogen and oxygen atoms in total. The zero-order chi connectivity index (χ0) is 14.2. The maximum absolute atomic E-state index is 3.30. The third-order valence-electron chi connectivity index (χ3n) is 3.20. The molecule has 2 aliphatic rings. The molecule has 0 saturated heterocycles. The second-order valence-electron chi connectivity index (χ2n) is 4.40. The van der Waals surface area contributed by atoms with E-state index in [0.29, 0.717) is 0 Å². The van der Waals surface area contributed by atoms with Crippen molar-refractivity contribution in [1.29, 1.82) is 0 Å². The van der Waals surface area contributed by atoms with Crippen molar-refractivity contribution in [3.8, 4) is 11.1 Å². The van der Waals surface area contributed by atoms with E-state index in [1.165, 1.54) is 22.3 Å². The fraction of sp³-hybridized carbons (Fsp3) is 0.100. The first-order chi connectivity index (χ1) is 9.95. The average molecular weight is 341 g/mol. The Morgan fingerprint density at radius 2 is 1.68 bits per heavy atom. The van der Waals surface area contributed by atoms with Gasteiger partial charge in [0.25, 0.3) is 0 Å². The number of hydrogen-bond acceptors (Lipinski definition) is 0. The van der Waals surface area contributed by atoms with Gasteiger partial charge in [-0.05, 0) is 6.42 Å². The van der Waals surface area contributed by atoms with E-state index in [1.54, 1.807) is 8.15 Å². The first kappa shape index (κ1) is 20.7. The summed E-state index contributed by atoms with van der Waals surface area (Å²) in [6.07, 6.45) is 11.0. The Hall–Kier alpha value is -1.28. The minimum atomic E-state index is 0. The fourth-order valence-corrected chi connectivity index (χ4v) is 2.34. The van der Waals surface area contributed by atoms with Gasteiger partial charge in [0.2, 0.25) is 0 Å². The first-order valence-corrected chi connectivity index (χ1v) is 10.2. The van der Waals surface area contributed by atoms with E-state index in [-0.39, 0.29) is 14.9 Å². The third-order valence-corrected chi connectivity index (χ3v) is 3.20. The third kappa shape index (κ3) is 5.17. The normalized spacial score (nSPS) is 11.4. The van der Waals surface area contributed by atoms with E-state index in [2.05, 4.69) is 70.9 Å². The van der Waals surface area contributed by atoms with Crippen LogP contribution in [0.5, 0.6) is 0 Å². The smallest absolute Gasteiger partial charge is 0.0253 e. The van der Waals surface area contributed by atoms with E-state index in [0.717, 1.165) is 12.8 Å². The zero-order valence-corrected chi connectivity index (χ0v) is 16.2. The summed E-state index contributed by atoms with van der Waals surface area (Å²) >= 11 is 2.34. The Bertz CT molecular complexity index is 576. The maximum atomic E-state index is 3.30. The van der Waals surface area contributed by atoms with Crippen LogP contribution in [0.3, 0.4) is 0 Å². The van der Waals surface area contributed by atoms with Gasteiger partial charge in [-0.2, -0.15) is 35.9 Å². The van der Waals surface area contributed by atoms with Gasteiger partial charge in [-0.3, -0.25) is 6.08 Å². The molecule has 22 heavy (non-hydrogen) atoms. The van der Waals surface area contributed by atoms with Gasteiger partial charge in [0.05, 0.1) is 0 Å². The van der Waals surface area contributed by atoms with Gasteiger partial charge in [0.1, 0.15) is 0 Å². The second kappa shape index (κ2) is 11.3. The average Bonchev–Trinajstić information content (AvgIpc) is 3.20. The molecule has 0 saturated carbocycles. The zero-order valence-electron chi connectivity index (χ0n) is 13.3. The predicted octanol–water partition coefficient (Wildman–Crippen LogP) is 4.35. The predicted molar refractivity (Wildman–Crippen MR) is 96.5 cm³/mol. The molecule has 0 unspecified atom stereocenters. The number of hydrogen-bond donors (Lipinski definition) is 0. The molecule has 0 heterocycles. The van der Waals surface area contributed by atoms with Crippen molar-refractivity contribution < 1.29 is 16.3 Å². The molecule has 2 aromatic carbocycles. The Labute approximate surface area is 147 Å². The molecule has 0 aliphatic heterocycles. The number of fused-ring (bicyclic) bond motifs is 3. The Morgan fingerprint density at radius 3 is 2.32 bits per heavy atom. The molecular formula is C20H22SiV-4. The van der Waals surface area contributed by atoms with Crippen molar-refractivity contribution in [3.63, 3.8) is 0 Å². The van der Waals surface area contributed by atoms with Gasteiger partial charge in [-0.15, -0.1) is 12.0 Å². The van der Waals surface area contributed by atoms with E-state index >= 15 is 0 Å². The van der Waals surface area contributed by atoms with Crippen LogP contribution in [0.2, 0.25) is 0 Å². The van der Waals surface area contributed by atoms with Crippen molar-refractivity contribution in [2.75, 3.05) is 0 Å². The van der Waals surface area contributed by atoms with Crippen molar-refractivity contribution in [2.45, 2.75) is 12.8 Å². The second-order valence-corrected chi connectivity index (χ2v) is 4.40. The van der Waals surface area contributed by atoms with Crippen LogP contribution in [0.4, 0.5) is 0 Å². The van der Waals surface area contributed by atoms with Crippen LogP contribution in [-0.4, -0.2) is 8.15 Å². The molecule has 2 aliphatic carbocycles. The molecule has 0 aromatic heterocycles. The van der Waals surface area contributed by atoms with Gasteiger partial charge >= 0.3 is 24.4 Å². The summed E-state index contributed by atoms with van der Waals surface area (Å²) in [5.74, 6) is 0. The quantitative estimate of drug-likeness (QED) is 0.421. The van der Waals surface area contributed by atoms with Crippen LogP contribution in [0, 0.1) is 27.0 Å². The van der Waals surface area contributed by atoms with Gasteiger partial charge in [-0.25, -0.2) is 12.2 Å². The molecule has 0 fully saturated rings. The SMILES string of the molecule is [C-]1=CC=CC1.[CH3-].[CH3-].[SiH2]=[V].[c-]1cccc2c1Cc1ccccc1-2.